The van der Waals surface area contributed by atoms with Gasteiger partial charge in [-0.3, -0.25) is 0 Å². The maximum atomic E-state index is 14.1. The number of furan rings is 1. The number of pyridine rings is 1. The molecule has 0 radical (unpaired) electrons. The zero-order chi connectivity index (χ0) is 18.0. The van der Waals surface area contributed by atoms with Crippen LogP contribution in [-0.2, 0) is 4.74 Å². The van der Waals surface area contributed by atoms with E-state index in [-0.39, 0.29) is 34.5 Å². The number of benzene rings is 1. The average Bonchev–Trinajstić information content (AvgIpc) is 3.01. The van der Waals surface area contributed by atoms with E-state index in [4.69, 9.17) is 9.15 Å². The summed E-state index contributed by atoms with van der Waals surface area (Å²) in [4.78, 5) is 16.2. The van der Waals surface area contributed by atoms with Gasteiger partial charge in [-0.15, -0.1) is 0 Å². The van der Waals surface area contributed by atoms with Crippen LogP contribution >= 0.6 is 22.6 Å². The van der Waals surface area contributed by atoms with E-state index in [1.54, 1.807) is 19.1 Å². The summed E-state index contributed by atoms with van der Waals surface area (Å²) in [6.07, 6.45) is 2.56. The fourth-order valence-corrected chi connectivity index (χ4v) is 2.76. The van der Waals surface area contributed by atoms with Gasteiger partial charge < -0.3 is 14.5 Å². The third-order valence-corrected chi connectivity index (χ3v) is 4.06. The Morgan fingerprint density at radius 1 is 1.48 bits per heavy atom. The van der Waals surface area contributed by atoms with Crippen LogP contribution in [0.3, 0.4) is 0 Å². The third kappa shape index (κ3) is 3.28. The van der Waals surface area contributed by atoms with E-state index >= 15 is 0 Å². The molecule has 0 amide bonds. The largest absolute Gasteiger partial charge is 0.461 e. The smallest absolute Gasteiger partial charge is 0.357 e. The molecule has 0 spiro atoms. The van der Waals surface area contributed by atoms with Crippen LogP contribution in [0.25, 0.3) is 11.0 Å². The van der Waals surface area contributed by atoms with Gasteiger partial charge in [-0.25, -0.2) is 14.2 Å². The van der Waals surface area contributed by atoms with Crippen LogP contribution < -0.4 is 5.32 Å². The number of hydrogen-bond acceptors (Lipinski definition) is 6. The van der Waals surface area contributed by atoms with Gasteiger partial charge in [0.1, 0.15) is 23.7 Å². The molecule has 0 aliphatic heterocycles. The number of rotatable bonds is 4. The molecule has 0 aliphatic rings. The Bertz CT molecular complexity index is 1010. The minimum atomic E-state index is -0.649. The lowest BCUT2D eigenvalue weighted by Gasteiger charge is -2.08. The van der Waals surface area contributed by atoms with E-state index in [1.807, 2.05) is 28.7 Å². The maximum absolute atomic E-state index is 14.1. The molecule has 2 heterocycles. The number of nitriles is 1. The van der Waals surface area contributed by atoms with Gasteiger partial charge in [-0.1, -0.05) is 0 Å². The first-order chi connectivity index (χ1) is 12.0. The lowest BCUT2D eigenvalue weighted by atomic mass is 10.1. The number of carbonyl (C=O) groups excluding carboxylic acids is 1. The summed E-state index contributed by atoms with van der Waals surface area (Å²) < 4.78 is 25.3. The Balaban J connectivity index is 2.15. The molecule has 0 saturated carbocycles. The molecule has 6 nitrogen and oxygen atoms in total. The van der Waals surface area contributed by atoms with Gasteiger partial charge in [0.25, 0.3) is 0 Å². The van der Waals surface area contributed by atoms with Crippen molar-refractivity contribution in [2.24, 2.45) is 0 Å². The van der Waals surface area contributed by atoms with Gasteiger partial charge in [0.2, 0.25) is 0 Å². The molecular formula is C17H11FIN3O3. The SMILES string of the molecule is CCOC(=O)c1ncc(C#N)c2occ(Nc3ccc(I)cc3F)c12. The number of hydrogen-bond donors (Lipinski definition) is 1. The standard InChI is InChI=1S/C17H11FIN3O3/c1-2-24-17(23)15-14-13(8-25-16(14)9(6-20)7-21-15)22-12-4-3-10(19)5-11(12)18/h3-5,7-8,22H,2H2,1H3. The van der Waals surface area contributed by atoms with E-state index < -0.39 is 11.8 Å². The molecule has 0 atom stereocenters. The Morgan fingerprint density at radius 2 is 2.28 bits per heavy atom. The summed E-state index contributed by atoms with van der Waals surface area (Å²) in [7, 11) is 0. The van der Waals surface area contributed by atoms with Crippen LogP contribution in [-0.4, -0.2) is 17.6 Å². The number of anilines is 2. The number of esters is 1. The van der Waals surface area contributed by atoms with E-state index in [0.29, 0.717) is 5.69 Å². The predicted octanol–water partition coefficient (Wildman–Crippen LogP) is 4.36. The predicted molar refractivity (Wildman–Crippen MR) is 97.1 cm³/mol. The maximum Gasteiger partial charge on any atom is 0.357 e. The van der Waals surface area contributed by atoms with Crippen molar-refractivity contribution in [2.75, 3.05) is 11.9 Å². The van der Waals surface area contributed by atoms with E-state index in [2.05, 4.69) is 10.3 Å². The molecule has 8 heteroatoms. The molecule has 0 bridgehead atoms. The molecule has 25 heavy (non-hydrogen) atoms. The number of carbonyl (C=O) groups is 1. The summed E-state index contributed by atoms with van der Waals surface area (Å²) in [5.74, 6) is -1.10. The summed E-state index contributed by atoms with van der Waals surface area (Å²) in [6.45, 7) is 1.85. The van der Waals surface area contributed by atoms with Crippen molar-refractivity contribution in [3.8, 4) is 6.07 Å². The second-order valence-electron chi connectivity index (χ2n) is 4.96. The number of fused-ring (bicyclic) bond motifs is 1. The Labute approximate surface area is 155 Å². The fraction of sp³-hybridized carbons (Fsp3) is 0.118. The molecule has 3 rings (SSSR count). The number of aromatic nitrogens is 1. The van der Waals surface area contributed by atoms with Crippen molar-refractivity contribution < 1.29 is 18.3 Å². The highest BCUT2D eigenvalue weighted by Gasteiger charge is 2.22. The number of nitrogens with zero attached hydrogens (tertiary/aromatic N) is 2. The van der Waals surface area contributed by atoms with Crippen LogP contribution in [0.15, 0.2) is 35.1 Å². The van der Waals surface area contributed by atoms with Crippen molar-refractivity contribution in [2.45, 2.75) is 6.92 Å². The minimum Gasteiger partial charge on any atom is -0.461 e. The van der Waals surface area contributed by atoms with Crippen LogP contribution in [0.1, 0.15) is 23.0 Å². The van der Waals surface area contributed by atoms with E-state index in [0.717, 1.165) is 3.57 Å². The molecule has 126 valence electrons. The van der Waals surface area contributed by atoms with Crippen molar-refractivity contribution in [1.82, 2.24) is 4.98 Å². The van der Waals surface area contributed by atoms with Crippen molar-refractivity contribution in [1.29, 1.82) is 5.26 Å². The number of ether oxygens (including phenoxy) is 1. The molecule has 1 N–H and O–H groups in total. The second kappa shape index (κ2) is 7.06. The molecule has 0 saturated heterocycles. The molecule has 0 unspecified atom stereocenters. The number of halogens is 2. The van der Waals surface area contributed by atoms with Crippen molar-refractivity contribution in [3.63, 3.8) is 0 Å². The quantitative estimate of drug-likeness (QED) is 0.469. The first kappa shape index (κ1) is 17.2. The first-order valence-electron chi connectivity index (χ1n) is 7.24. The molecule has 0 aliphatic carbocycles. The molecule has 1 aromatic carbocycles. The van der Waals surface area contributed by atoms with Crippen LogP contribution in [0.4, 0.5) is 15.8 Å². The van der Waals surface area contributed by atoms with Crippen LogP contribution in [0.5, 0.6) is 0 Å². The Hall–Kier alpha value is -2.67. The molecule has 3 aromatic rings. The van der Waals surface area contributed by atoms with Gasteiger partial charge in [-0.2, -0.15) is 5.26 Å². The van der Waals surface area contributed by atoms with Crippen molar-refractivity contribution >= 4 is 50.9 Å². The highest BCUT2D eigenvalue weighted by atomic mass is 127. The summed E-state index contributed by atoms with van der Waals surface area (Å²) in [6, 6.07) is 6.63. The Morgan fingerprint density at radius 3 is 2.96 bits per heavy atom. The summed E-state index contributed by atoms with van der Waals surface area (Å²) in [5.41, 5.74) is 0.884. The molecule has 0 fully saturated rings. The van der Waals surface area contributed by atoms with Gasteiger partial charge in [0.05, 0.1) is 23.4 Å². The van der Waals surface area contributed by atoms with Gasteiger partial charge >= 0.3 is 5.97 Å². The topological polar surface area (TPSA) is 88.2 Å². The van der Waals surface area contributed by atoms with Gasteiger partial charge in [0.15, 0.2) is 11.3 Å². The van der Waals surface area contributed by atoms with Crippen LogP contribution in [0, 0.1) is 20.7 Å². The normalized spacial score (nSPS) is 10.5. The lowest BCUT2D eigenvalue weighted by Crippen LogP contribution is -2.08. The van der Waals surface area contributed by atoms with Gasteiger partial charge in [-0.05, 0) is 47.7 Å². The molecule has 2 aromatic heterocycles. The zero-order valence-corrected chi connectivity index (χ0v) is 15.1. The average molecular weight is 451 g/mol. The second-order valence-corrected chi connectivity index (χ2v) is 6.20. The van der Waals surface area contributed by atoms with Crippen LogP contribution in [0.2, 0.25) is 0 Å². The van der Waals surface area contributed by atoms with Crippen molar-refractivity contribution in [3.05, 3.63) is 51.3 Å². The minimum absolute atomic E-state index is 0.00183. The zero-order valence-electron chi connectivity index (χ0n) is 13.0. The van der Waals surface area contributed by atoms with E-state index in [1.165, 1.54) is 18.5 Å². The number of nitrogens with one attached hydrogen (secondary N) is 1. The van der Waals surface area contributed by atoms with Gasteiger partial charge in [0, 0.05) is 9.77 Å². The van der Waals surface area contributed by atoms with E-state index in [9.17, 15) is 14.4 Å². The first-order valence-corrected chi connectivity index (χ1v) is 8.32. The fourth-order valence-electron chi connectivity index (χ4n) is 2.31. The molecular weight excluding hydrogens is 440 g/mol. The summed E-state index contributed by atoms with van der Waals surface area (Å²) in [5, 5.41) is 12.4. The Kier molecular flexibility index (Phi) is 4.85. The highest BCUT2D eigenvalue weighted by Crippen LogP contribution is 2.33. The third-order valence-electron chi connectivity index (χ3n) is 3.38. The monoisotopic (exact) mass is 451 g/mol. The lowest BCUT2D eigenvalue weighted by molar-refractivity contribution is 0.0522. The summed E-state index contributed by atoms with van der Waals surface area (Å²) >= 11 is 2.01. The highest BCUT2D eigenvalue weighted by molar-refractivity contribution is 14.1.